The van der Waals surface area contributed by atoms with Crippen molar-refractivity contribution in [1.29, 1.82) is 0 Å². The highest BCUT2D eigenvalue weighted by atomic mass is 32.1. The number of carbonyl (C=O) groups is 1. The van der Waals surface area contributed by atoms with Gasteiger partial charge in [-0.3, -0.25) is 4.79 Å². The fourth-order valence-corrected chi connectivity index (χ4v) is 3.02. The molecule has 1 aromatic carbocycles. The van der Waals surface area contributed by atoms with Crippen LogP contribution in [-0.4, -0.2) is 16.6 Å². The molecule has 4 nitrogen and oxygen atoms in total. The normalized spacial score (nSPS) is 12.0. The molecule has 0 unspecified atom stereocenters. The number of hydrogen-bond acceptors (Lipinski definition) is 2. The number of hydrogen-bond donors (Lipinski definition) is 3. The topological polar surface area (TPSA) is 53.2 Å². The van der Waals surface area contributed by atoms with Crippen molar-refractivity contribution < 1.29 is 4.79 Å². The number of rotatable bonds is 5. The van der Waals surface area contributed by atoms with Gasteiger partial charge in [-0.05, 0) is 63.5 Å². The van der Waals surface area contributed by atoms with Gasteiger partial charge in [0.1, 0.15) is 0 Å². The van der Waals surface area contributed by atoms with Crippen molar-refractivity contribution >= 4 is 34.6 Å². The lowest BCUT2D eigenvalue weighted by atomic mass is 9.83. The van der Waals surface area contributed by atoms with E-state index in [1.54, 1.807) is 0 Å². The second kappa shape index (κ2) is 7.97. The summed E-state index contributed by atoms with van der Waals surface area (Å²) in [4.78, 5) is 12.5. The highest BCUT2D eigenvalue weighted by Gasteiger charge is 2.28. The molecule has 0 heterocycles. The summed E-state index contributed by atoms with van der Waals surface area (Å²) in [5, 5.41) is 9.93. The summed E-state index contributed by atoms with van der Waals surface area (Å²) in [6.07, 6.45) is 0.844. The first-order valence-corrected chi connectivity index (χ1v) is 8.80. The van der Waals surface area contributed by atoms with Crippen LogP contribution >= 0.6 is 12.2 Å². The smallest absolute Gasteiger partial charge is 0.230 e. The SMILES string of the molecule is CC(C)CC(C)(C)C(=O)Nc1cccc(NC(=S)NC(C)(C)C)c1. The van der Waals surface area contributed by atoms with Gasteiger partial charge in [0, 0.05) is 22.3 Å². The summed E-state index contributed by atoms with van der Waals surface area (Å²) in [6, 6.07) is 7.59. The van der Waals surface area contributed by atoms with E-state index in [1.807, 2.05) is 38.1 Å². The highest BCUT2D eigenvalue weighted by Crippen LogP contribution is 2.27. The van der Waals surface area contributed by atoms with Gasteiger partial charge in [-0.1, -0.05) is 33.8 Å². The van der Waals surface area contributed by atoms with Gasteiger partial charge >= 0.3 is 0 Å². The maximum atomic E-state index is 12.5. The first-order valence-electron chi connectivity index (χ1n) is 8.40. The zero-order valence-electron chi connectivity index (χ0n) is 15.9. The van der Waals surface area contributed by atoms with Crippen LogP contribution in [0, 0.1) is 11.3 Å². The summed E-state index contributed by atoms with van der Waals surface area (Å²) in [5.41, 5.74) is 1.11. The summed E-state index contributed by atoms with van der Waals surface area (Å²) < 4.78 is 0. The van der Waals surface area contributed by atoms with Crippen molar-refractivity contribution in [2.24, 2.45) is 11.3 Å². The Hall–Kier alpha value is -1.62. The Morgan fingerprint density at radius 2 is 1.62 bits per heavy atom. The van der Waals surface area contributed by atoms with E-state index in [2.05, 4.69) is 50.6 Å². The van der Waals surface area contributed by atoms with Crippen LogP contribution in [0.25, 0.3) is 0 Å². The lowest BCUT2D eigenvalue weighted by molar-refractivity contribution is -0.124. The van der Waals surface area contributed by atoms with E-state index >= 15 is 0 Å². The molecule has 0 atom stereocenters. The lowest BCUT2D eigenvalue weighted by Gasteiger charge is -2.26. The average Bonchev–Trinajstić information content (AvgIpc) is 2.34. The first kappa shape index (κ1) is 20.4. The molecule has 0 saturated heterocycles. The number of anilines is 2. The number of benzene rings is 1. The van der Waals surface area contributed by atoms with Crippen LogP contribution in [-0.2, 0) is 4.79 Å². The third-order valence-corrected chi connectivity index (χ3v) is 3.60. The molecule has 0 fully saturated rings. The Kier molecular flexibility index (Phi) is 6.78. The molecule has 0 aliphatic rings. The minimum atomic E-state index is -0.402. The maximum Gasteiger partial charge on any atom is 0.230 e. The Labute approximate surface area is 151 Å². The third-order valence-electron chi connectivity index (χ3n) is 3.40. The molecule has 5 heteroatoms. The van der Waals surface area contributed by atoms with Gasteiger partial charge in [0.2, 0.25) is 5.91 Å². The Bertz CT molecular complexity index is 589. The quantitative estimate of drug-likeness (QED) is 0.670. The number of amides is 1. The maximum absolute atomic E-state index is 12.5. The molecule has 0 aliphatic carbocycles. The van der Waals surface area contributed by atoms with Gasteiger partial charge in [0.25, 0.3) is 0 Å². The fourth-order valence-electron chi connectivity index (χ4n) is 2.59. The van der Waals surface area contributed by atoms with Crippen molar-refractivity contribution in [2.75, 3.05) is 10.6 Å². The van der Waals surface area contributed by atoms with Gasteiger partial charge in [0.05, 0.1) is 0 Å². The molecule has 3 N–H and O–H groups in total. The lowest BCUT2D eigenvalue weighted by Crippen LogP contribution is -2.42. The molecule has 0 saturated carbocycles. The molecule has 0 spiro atoms. The average molecular weight is 350 g/mol. The van der Waals surface area contributed by atoms with Crippen molar-refractivity contribution in [3.8, 4) is 0 Å². The van der Waals surface area contributed by atoms with Gasteiger partial charge in [-0.2, -0.15) is 0 Å². The molecule has 1 rings (SSSR count). The van der Waals surface area contributed by atoms with E-state index in [1.165, 1.54) is 0 Å². The van der Waals surface area contributed by atoms with Crippen molar-refractivity contribution in [2.45, 2.75) is 60.4 Å². The van der Waals surface area contributed by atoms with Crippen LogP contribution in [0.2, 0.25) is 0 Å². The van der Waals surface area contributed by atoms with Crippen molar-refractivity contribution in [3.05, 3.63) is 24.3 Å². The Balaban J connectivity index is 2.75. The van der Waals surface area contributed by atoms with Crippen LogP contribution in [0.4, 0.5) is 11.4 Å². The van der Waals surface area contributed by atoms with Gasteiger partial charge in [-0.25, -0.2) is 0 Å². The van der Waals surface area contributed by atoms with Crippen molar-refractivity contribution in [3.63, 3.8) is 0 Å². The van der Waals surface area contributed by atoms with E-state index in [9.17, 15) is 4.79 Å². The second-order valence-corrected chi connectivity index (χ2v) is 8.75. The molecule has 0 aromatic heterocycles. The zero-order valence-corrected chi connectivity index (χ0v) is 16.7. The number of thiocarbonyl (C=S) groups is 1. The number of nitrogens with one attached hydrogen (secondary N) is 3. The van der Waals surface area contributed by atoms with Gasteiger partial charge in [0.15, 0.2) is 5.11 Å². The van der Waals surface area contributed by atoms with E-state index in [0.29, 0.717) is 11.0 Å². The molecule has 1 amide bonds. The molecular formula is C19H31N3OS. The van der Waals surface area contributed by atoms with Crippen LogP contribution in [0.1, 0.15) is 54.9 Å². The van der Waals surface area contributed by atoms with Gasteiger partial charge < -0.3 is 16.0 Å². The summed E-state index contributed by atoms with van der Waals surface area (Å²) >= 11 is 5.31. The Morgan fingerprint density at radius 1 is 1.08 bits per heavy atom. The predicted octanol–water partition coefficient (Wildman–Crippen LogP) is 4.78. The highest BCUT2D eigenvalue weighted by molar-refractivity contribution is 7.80. The minimum absolute atomic E-state index is 0.0312. The summed E-state index contributed by atoms with van der Waals surface area (Å²) in [5.74, 6) is 0.503. The second-order valence-electron chi connectivity index (χ2n) is 8.35. The molecule has 0 bridgehead atoms. The van der Waals surface area contributed by atoms with Crippen molar-refractivity contribution in [1.82, 2.24) is 5.32 Å². The number of carbonyl (C=O) groups excluding carboxylic acids is 1. The van der Waals surface area contributed by atoms with Crippen LogP contribution in [0.3, 0.4) is 0 Å². The van der Waals surface area contributed by atoms with Crippen LogP contribution in [0.5, 0.6) is 0 Å². The monoisotopic (exact) mass is 349 g/mol. The zero-order chi connectivity index (χ0) is 18.5. The molecular weight excluding hydrogens is 318 g/mol. The van der Waals surface area contributed by atoms with E-state index in [-0.39, 0.29) is 11.4 Å². The molecule has 0 aliphatic heterocycles. The standard InChI is InChI=1S/C19H31N3OS/c1-13(2)12-19(6,7)16(23)20-14-9-8-10-15(11-14)21-17(24)22-18(3,4)5/h8-11,13H,12H2,1-7H3,(H,20,23)(H2,21,22,24). The third kappa shape index (κ3) is 7.30. The Morgan fingerprint density at radius 3 is 2.12 bits per heavy atom. The fraction of sp³-hybridized carbons (Fsp3) is 0.579. The minimum Gasteiger partial charge on any atom is -0.358 e. The summed E-state index contributed by atoms with van der Waals surface area (Å²) in [6.45, 7) is 14.4. The van der Waals surface area contributed by atoms with Crippen LogP contribution in [0.15, 0.2) is 24.3 Å². The van der Waals surface area contributed by atoms with Crippen LogP contribution < -0.4 is 16.0 Å². The van der Waals surface area contributed by atoms with E-state index in [0.717, 1.165) is 17.8 Å². The summed E-state index contributed by atoms with van der Waals surface area (Å²) in [7, 11) is 0. The molecule has 24 heavy (non-hydrogen) atoms. The molecule has 0 radical (unpaired) electrons. The van der Waals surface area contributed by atoms with E-state index in [4.69, 9.17) is 12.2 Å². The largest absolute Gasteiger partial charge is 0.358 e. The van der Waals surface area contributed by atoms with Gasteiger partial charge in [-0.15, -0.1) is 0 Å². The molecule has 1 aromatic rings. The van der Waals surface area contributed by atoms with E-state index < -0.39 is 5.41 Å². The predicted molar refractivity (Wildman–Crippen MR) is 107 cm³/mol. The molecule has 134 valence electrons. The first-order chi connectivity index (χ1) is 10.9.